The fourth-order valence-electron chi connectivity index (χ4n) is 2.73. The quantitative estimate of drug-likeness (QED) is 0.877. The Hall–Kier alpha value is -1.88. The van der Waals surface area contributed by atoms with Gasteiger partial charge >= 0.3 is 0 Å². The van der Waals surface area contributed by atoms with Crippen LogP contribution in [0.15, 0.2) is 24.3 Å². The summed E-state index contributed by atoms with van der Waals surface area (Å²) in [4.78, 5) is 26.2. The standard InChI is InChI=1S/C18H27N3O2/c1-14(19)6-11-17(22)20-16-9-7-15(8-10-16)18(23)21-12-4-2-3-5-13-21/h7-10,14H,2-6,11-13,19H2,1H3,(H,20,22). The molecule has 1 atom stereocenters. The van der Waals surface area contributed by atoms with Crippen molar-refractivity contribution in [3.8, 4) is 0 Å². The highest BCUT2D eigenvalue weighted by atomic mass is 16.2. The third-order valence-corrected chi connectivity index (χ3v) is 4.14. The van der Waals surface area contributed by atoms with Crippen molar-refractivity contribution in [2.24, 2.45) is 5.73 Å². The molecule has 0 bridgehead atoms. The first kappa shape index (κ1) is 17.5. The fraction of sp³-hybridized carbons (Fsp3) is 0.556. The van der Waals surface area contributed by atoms with Crippen molar-refractivity contribution in [1.82, 2.24) is 4.90 Å². The van der Waals surface area contributed by atoms with E-state index in [0.29, 0.717) is 24.1 Å². The lowest BCUT2D eigenvalue weighted by Crippen LogP contribution is -2.31. The Bertz CT molecular complexity index is 518. The van der Waals surface area contributed by atoms with Crippen LogP contribution in [-0.4, -0.2) is 35.8 Å². The van der Waals surface area contributed by atoms with Crippen molar-refractivity contribution in [3.05, 3.63) is 29.8 Å². The lowest BCUT2D eigenvalue weighted by molar-refractivity contribution is -0.116. The molecule has 1 heterocycles. The lowest BCUT2D eigenvalue weighted by atomic mass is 10.1. The number of hydrogen-bond donors (Lipinski definition) is 2. The Balaban J connectivity index is 1.90. The Labute approximate surface area is 138 Å². The molecule has 23 heavy (non-hydrogen) atoms. The zero-order valence-corrected chi connectivity index (χ0v) is 13.9. The molecule has 0 aromatic heterocycles. The summed E-state index contributed by atoms with van der Waals surface area (Å²) >= 11 is 0. The average Bonchev–Trinajstić information content (AvgIpc) is 2.82. The number of likely N-dealkylation sites (tertiary alicyclic amines) is 1. The van der Waals surface area contributed by atoms with Gasteiger partial charge in [0.1, 0.15) is 0 Å². The van der Waals surface area contributed by atoms with Crippen LogP contribution in [0.25, 0.3) is 0 Å². The van der Waals surface area contributed by atoms with Gasteiger partial charge in [-0.05, 0) is 50.5 Å². The zero-order valence-electron chi connectivity index (χ0n) is 13.9. The van der Waals surface area contributed by atoms with Gasteiger partial charge < -0.3 is 16.0 Å². The van der Waals surface area contributed by atoms with Crippen molar-refractivity contribution >= 4 is 17.5 Å². The molecule has 1 aliphatic rings. The van der Waals surface area contributed by atoms with Crippen molar-refractivity contribution in [1.29, 1.82) is 0 Å². The number of hydrogen-bond acceptors (Lipinski definition) is 3. The van der Waals surface area contributed by atoms with Gasteiger partial charge in [0, 0.05) is 36.8 Å². The van der Waals surface area contributed by atoms with Crippen LogP contribution in [-0.2, 0) is 4.79 Å². The van der Waals surface area contributed by atoms with E-state index in [-0.39, 0.29) is 17.9 Å². The van der Waals surface area contributed by atoms with Gasteiger partial charge in [0.05, 0.1) is 0 Å². The summed E-state index contributed by atoms with van der Waals surface area (Å²) in [5.74, 6) is 0.0376. The third kappa shape index (κ3) is 5.67. The molecular formula is C18H27N3O2. The van der Waals surface area contributed by atoms with Gasteiger partial charge in [-0.3, -0.25) is 9.59 Å². The summed E-state index contributed by atoms with van der Waals surface area (Å²) in [6.45, 7) is 3.57. The molecule has 0 saturated carbocycles. The Kier molecular flexibility index (Phi) is 6.59. The number of nitrogens with zero attached hydrogens (tertiary/aromatic N) is 1. The van der Waals surface area contributed by atoms with E-state index in [9.17, 15) is 9.59 Å². The Morgan fingerprint density at radius 3 is 2.30 bits per heavy atom. The molecule has 2 rings (SSSR count). The van der Waals surface area contributed by atoms with Crippen LogP contribution in [0.3, 0.4) is 0 Å². The van der Waals surface area contributed by atoms with Gasteiger partial charge in [-0.2, -0.15) is 0 Å². The first-order valence-electron chi connectivity index (χ1n) is 8.51. The number of rotatable bonds is 5. The minimum Gasteiger partial charge on any atom is -0.339 e. The molecule has 1 aromatic rings. The van der Waals surface area contributed by atoms with Crippen LogP contribution in [0.2, 0.25) is 0 Å². The summed E-state index contributed by atoms with van der Waals surface area (Å²) in [5.41, 5.74) is 7.04. The van der Waals surface area contributed by atoms with Gasteiger partial charge in [-0.25, -0.2) is 0 Å². The van der Waals surface area contributed by atoms with E-state index in [1.54, 1.807) is 24.3 Å². The first-order valence-corrected chi connectivity index (χ1v) is 8.51. The van der Waals surface area contributed by atoms with Gasteiger partial charge in [-0.1, -0.05) is 12.8 Å². The van der Waals surface area contributed by atoms with E-state index in [2.05, 4.69) is 5.32 Å². The lowest BCUT2D eigenvalue weighted by Gasteiger charge is -2.20. The van der Waals surface area contributed by atoms with Gasteiger partial charge in [0.25, 0.3) is 5.91 Å². The second-order valence-electron chi connectivity index (χ2n) is 6.35. The normalized spacial score (nSPS) is 16.5. The van der Waals surface area contributed by atoms with Gasteiger partial charge in [0.2, 0.25) is 5.91 Å². The highest BCUT2D eigenvalue weighted by Gasteiger charge is 2.17. The van der Waals surface area contributed by atoms with Crippen molar-refractivity contribution in [2.45, 2.75) is 51.5 Å². The second kappa shape index (κ2) is 8.67. The van der Waals surface area contributed by atoms with Crippen LogP contribution in [0.1, 0.15) is 55.8 Å². The number of amides is 2. The maximum Gasteiger partial charge on any atom is 0.253 e. The van der Waals surface area contributed by atoms with Gasteiger partial charge in [-0.15, -0.1) is 0 Å². The number of carbonyl (C=O) groups is 2. The topological polar surface area (TPSA) is 75.4 Å². The highest BCUT2D eigenvalue weighted by Crippen LogP contribution is 2.16. The Morgan fingerprint density at radius 1 is 1.13 bits per heavy atom. The largest absolute Gasteiger partial charge is 0.339 e. The minimum absolute atomic E-state index is 0.0226. The molecular weight excluding hydrogens is 290 g/mol. The van der Waals surface area contributed by atoms with E-state index in [4.69, 9.17) is 5.73 Å². The van der Waals surface area contributed by atoms with Crippen molar-refractivity contribution in [3.63, 3.8) is 0 Å². The van der Waals surface area contributed by atoms with Crippen molar-refractivity contribution < 1.29 is 9.59 Å². The molecule has 5 heteroatoms. The number of nitrogens with two attached hydrogens (primary N) is 1. The maximum atomic E-state index is 12.5. The molecule has 1 saturated heterocycles. The molecule has 1 aromatic carbocycles. The second-order valence-corrected chi connectivity index (χ2v) is 6.35. The van der Waals surface area contributed by atoms with E-state index in [1.807, 2.05) is 11.8 Å². The summed E-state index contributed by atoms with van der Waals surface area (Å²) in [6, 6.07) is 7.17. The van der Waals surface area contributed by atoms with Crippen molar-refractivity contribution in [2.75, 3.05) is 18.4 Å². The predicted molar refractivity (Wildman–Crippen MR) is 92.3 cm³/mol. The molecule has 3 N–H and O–H groups in total. The van der Waals surface area contributed by atoms with E-state index >= 15 is 0 Å². The minimum atomic E-state index is -0.0473. The third-order valence-electron chi connectivity index (χ3n) is 4.14. The molecule has 2 amide bonds. The predicted octanol–water partition coefficient (Wildman–Crippen LogP) is 2.77. The number of anilines is 1. The summed E-state index contributed by atoms with van der Waals surface area (Å²) in [6.07, 6.45) is 5.65. The molecule has 126 valence electrons. The molecule has 0 aliphatic carbocycles. The van der Waals surface area contributed by atoms with E-state index in [0.717, 1.165) is 25.9 Å². The number of nitrogens with one attached hydrogen (secondary N) is 1. The molecule has 1 aliphatic heterocycles. The summed E-state index contributed by atoms with van der Waals surface area (Å²) in [5, 5.41) is 2.83. The van der Waals surface area contributed by atoms with Crippen LogP contribution >= 0.6 is 0 Å². The summed E-state index contributed by atoms with van der Waals surface area (Å²) in [7, 11) is 0. The molecule has 0 radical (unpaired) electrons. The average molecular weight is 317 g/mol. The molecule has 5 nitrogen and oxygen atoms in total. The van der Waals surface area contributed by atoms with E-state index < -0.39 is 0 Å². The molecule has 1 unspecified atom stereocenters. The monoisotopic (exact) mass is 317 g/mol. The molecule has 0 spiro atoms. The number of carbonyl (C=O) groups excluding carboxylic acids is 2. The SMILES string of the molecule is CC(N)CCC(=O)Nc1ccc(C(=O)N2CCCCCC2)cc1. The van der Waals surface area contributed by atoms with Crippen LogP contribution < -0.4 is 11.1 Å². The van der Waals surface area contributed by atoms with Crippen LogP contribution in [0.5, 0.6) is 0 Å². The molecule has 1 fully saturated rings. The summed E-state index contributed by atoms with van der Waals surface area (Å²) < 4.78 is 0. The van der Waals surface area contributed by atoms with Gasteiger partial charge in [0.15, 0.2) is 0 Å². The maximum absolute atomic E-state index is 12.5. The number of benzene rings is 1. The Morgan fingerprint density at radius 2 is 1.74 bits per heavy atom. The smallest absolute Gasteiger partial charge is 0.253 e. The highest BCUT2D eigenvalue weighted by molar-refractivity contribution is 5.95. The zero-order chi connectivity index (χ0) is 16.7. The van der Waals surface area contributed by atoms with Crippen LogP contribution in [0.4, 0.5) is 5.69 Å². The fourth-order valence-corrected chi connectivity index (χ4v) is 2.73. The van der Waals surface area contributed by atoms with Crippen LogP contribution in [0, 0.1) is 0 Å². The van der Waals surface area contributed by atoms with E-state index in [1.165, 1.54) is 12.8 Å². The first-order chi connectivity index (χ1) is 11.1.